The van der Waals surface area contributed by atoms with Crippen LogP contribution < -0.4 is 10.6 Å². The van der Waals surface area contributed by atoms with E-state index in [9.17, 15) is 14.4 Å². The molecule has 0 saturated heterocycles. The highest BCUT2D eigenvalue weighted by Gasteiger charge is 2.20. The lowest BCUT2D eigenvalue weighted by molar-refractivity contribution is -0.123. The monoisotopic (exact) mass is 411 g/mol. The summed E-state index contributed by atoms with van der Waals surface area (Å²) < 4.78 is 5.14. The van der Waals surface area contributed by atoms with Gasteiger partial charge in [0.25, 0.3) is 5.91 Å². The molecule has 0 aliphatic rings. The minimum absolute atomic E-state index is 0.318. The van der Waals surface area contributed by atoms with Gasteiger partial charge in [0.15, 0.2) is 6.61 Å². The van der Waals surface area contributed by atoms with Gasteiger partial charge in [-0.05, 0) is 36.4 Å². The Kier molecular flexibility index (Phi) is 6.56. The van der Waals surface area contributed by atoms with Gasteiger partial charge < -0.3 is 10.1 Å². The van der Waals surface area contributed by atoms with Crippen LogP contribution in [0.25, 0.3) is 10.9 Å². The third-order valence-corrected chi connectivity index (χ3v) is 5.23. The first-order chi connectivity index (χ1) is 14.0. The molecule has 0 aliphatic heterocycles. The van der Waals surface area contributed by atoms with Gasteiger partial charge in [-0.15, -0.1) is 11.3 Å². The molecule has 0 aliphatic carbocycles. The van der Waals surface area contributed by atoms with Gasteiger partial charge in [0, 0.05) is 10.3 Å². The Morgan fingerprint density at radius 3 is 2.66 bits per heavy atom. The number of fused-ring (bicyclic) bond motifs is 1. The molecule has 0 radical (unpaired) electrons. The number of aromatic nitrogens is 1. The number of urea groups is 1. The second-order valence-corrected chi connectivity index (χ2v) is 7.35. The molecular weight excluding hydrogens is 390 g/mol. The van der Waals surface area contributed by atoms with Gasteiger partial charge >= 0.3 is 12.0 Å². The van der Waals surface area contributed by atoms with E-state index in [1.54, 1.807) is 0 Å². The summed E-state index contributed by atoms with van der Waals surface area (Å²) in [6.07, 6.45) is 0.549. The number of ether oxygens (including phenoxy) is 1. The zero-order valence-corrected chi connectivity index (χ0v) is 17.0. The number of esters is 1. The Balaban J connectivity index is 1.60. The van der Waals surface area contributed by atoms with E-state index in [-0.39, 0.29) is 0 Å². The number of rotatable bonds is 6. The van der Waals surface area contributed by atoms with E-state index in [1.165, 1.54) is 11.3 Å². The van der Waals surface area contributed by atoms with Gasteiger partial charge in [0.1, 0.15) is 0 Å². The van der Waals surface area contributed by atoms with Crippen LogP contribution >= 0.6 is 11.3 Å². The molecule has 29 heavy (non-hydrogen) atoms. The predicted octanol–water partition coefficient (Wildman–Crippen LogP) is 3.35. The van der Waals surface area contributed by atoms with Crippen molar-refractivity contribution in [1.29, 1.82) is 0 Å². The fourth-order valence-corrected chi connectivity index (χ4v) is 3.60. The number of carbonyl (C=O) groups is 3. The van der Waals surface area contributed by atoms with Crippen molar-refractivity contribution in [3.63, 3.8) is 0 Å². The first-order valence-electron chi connectivity index (χ1n) is 9.15. The molecule has 3 aromatic rings. The molecule has 0 spiro atoms. The summed E-state index contributed by atoms with van der Waals surface area (Å²) in [6, 6.07) is 10.6. The largest absolute Gasteiger partial charge is 0.452 e. The van der Waals surface area contributed by atoms with Crippen molar-refractivity contribution >= 4 is 40.1 Å². The van der Waals surface area contributed by atoms with Crippen molar-refractivity contribution in [3.05, 3.63) is 63.5 Å². The quantitative estimate of drug-likeness (QED) is 0.606. The third kappa shape index (κ3) is 4.97. The van der Waals surface area contributed by atoms with Crippen LogP contribution in [0.4, 0.5) is 4.79 Å². The molecule has 2 aromatic heterocycles. The molecule has 0 bridgehead atoms. The SMILES string of the molecule is CCc1nc2ccccc2c(C)c1C(=O)OCC(=O)NC(=O)NCc1cccs1. The summed E-state index contributed by atoms with van der Waals surface area (Å²) in [6.45, 7) is 3.49. The lowest BCUT2D eigenvalue weighted by Gasteiger charge is -2.13. The number of para-hydroxylation sites is 1. The number of nitrogens with zero attached hydrogens (tertiary/aromatic N) is 1. The van der Waals surface area contributed by atoms with E-state index >= 15 is 0 Å². The number of aryl methyl sites for hydroxylation is 2. The van der Waals surface area contributed by atoms with Crippen molar-refractivity contribution in [2.45, 2.75) is 26.8 Å². The molecule has 2 N–H and O–H groups in total. The summed E-state index contributed by atoms with van der Waals surface area (Å²) in [4.78, 5) is 41.8. The number of hydrogen-bond acceptors (Lipinski definition) is 6. The van der Waals surface area contributed by atoms with Crippen molar-refractivity contribution < 1.29 is 19.1 Å². The molecular formula is C21H21N3O4S. The minimum Gasteiger partial charge on any atom is -0.452 e. The van der Waals surface area contributed by atoms with Gasteiger partial charge in [-0.1, -0.05) is 31.2 Å². The second-order valence-electron chi connectivity index (χ2n) is 6.32. The number of imide groups is 1. The second kappa shape index (κ2) is 9.29. The van der Waals surface area contributed by atoms with E-state index in [4.69, 9.17) is 4.74 Å². The molecule has 0 atom stereocenters. The first-order valence-corrected chi connectivity index (χ1v) is 10.0. The summed E-state index contributed by atoms with van der Waals surface area (Å²) in [5, 5.41) is 7.47. The summed E-state index contributed by atoms with van der Waals surface area (Å²) in [5.74, 6) is -1.33. The summed E-state index contributed by atoms with van der Waals surface area (Å²) in [7, 11) is 0. The van der Waals surface area contributed by atoms with E-state index in [0.29, 0.717) is 24.2 Å². The Morgan fingerprint density at radius 2 is 1.93 bits per heavy atom. The Morgan fingerprint density at radius 1 is 1.14 bits per heavy atom. The van der Waals surface area contributed by atoms with Crippen LogP contribution in [0.3, 0.4) is 0 Å². The van der Waals surface area contributed by atoms with Crippen LogP contribution in [0.1, 0.15) is 33.4 Å². The summed E-state index contributed by atoms with van der Waals surface area (Å²) in [5.41, 5.74) is 2.53. The molecule has 8 heteroatoms. The molecule has 0 unspecified atom stereocenters. The topological polar surface area (TPSA) is 97.4 Å². The Labute approximate surface area is 172 Å². The van der Waals surface area contributed by atoms with Crippen molar-refractivity contribution in [2.24, 2.45) is 0 Å². The standard InChI is InChI=1S/C21H21N3O4S/c1-3-16-19(13(2)15-8-4-5-9-17(15)23-16)20(26)28-12-18(25)24-21(27)22-11-14-7-6-10-29-14/h4-10H,3,11-12H2,1-2H3,(H2,22,24,25,27). The highest BCUT2D eigenvalue weighted by atomic mass is 32.1. The zero-order chi connectivity index (χ0) is 20.8. The number of hydrogen-bond donors (Lipinski definition) is 2. The Bertz CT molecular complexity index is 1050. The molecule has 2 heterocycles. The van der Waals surface area contributed by atoms with E-state index in [0.717, 1.165) is 21.3 Å². The number of carbonyl (C=O) groups excluding carboxylic acids is 3. The maximum absolute atomic E-state index is 12.6. The van der Waals surface area contributed by atoms with Gasteiger partial charge in [-0.25, -0.2) is 9.59 Å². The van der Waals surface area contributed by atoms with E-state index < -0.39 is 24.5 Å². The molecule has 150 valence electrons. The highest BCUT2D eigenvalue weighted by molar-refractivity contribution is 7.09. The fraction of sp³-hybridized carbons (Fsp3) is 0.238. The number of benzene rings is 1. The predicted molar refractivity (Wildman–Crippen MR) is 111 cm³/mol. The van der Waals surface area contributed by atoms with Crippen molar-refractivity contribution in [2.75, 3.05) is 6.61 Å². The average Bonchev–Trinajstić information content (AvgIpc) is 3.24. The molecule has 7 nitrogen and oxygen atoms in total. The van der Waals surface area contributed by atoms with Crippen molar-refractivity contribution in [1.82, 2.24) is 15.6 Å². The van der Waals surface area contributed by atoms with Crippen LogP contribution in [0, 0.1) is 6.92 Å². The fourth-order valence-electron chi connectivity index (χ4n) is 2.96. The average molecular weight is 411 g/mol. The number of thiophene rings is 1. The Hall–Kier alpha value is -3.26. The summed E-state index contributed by atoms with van der Waals surface area (Å²) >= 11 is 1.50. The van der Waals surface area contributed by atoms with Gasteiger partial charge in [0.2, 0.25) is 0 Å². The van der Waals surface area contributed by atoms with Gasteiger partial charge in [-0.2, -0.15) is 0 Å². The molecule has 3 amide bonds. The minimum atomic E-state index is -0.702. The number of pyridine rings is 1. The van der Waals surface area contributed by atoms with Crippen LogP contribution in [0.5, 0.6) is 0 Å². The van der Waals surface area contributed by atoms with Crippen LogP contribution in [0.15, 0.2) is 41.8 Å². The molecule has 1 aromatic carbocycles. The van der Waals surface area contributed by atoms with Crippen LogP contribution in [0.2, 0.25) is 0 Å². The van der Waals surface area contributed by atoms with Gasteiger partial charge in [0.05, 0.1) is 23.3 Å². The third-order valence-electron chi connectivity index (χ3n) is 4.36. The van der Waals surface area contributed by atoms with E-state index in [2.05, 4.69) is 15.6 Å². The lowest BCUT2D eigenvalue weighted by atomic mass is 10.0. The van der Waals surface area contributed by atoms with E-state index in [1.807, 2.05) is 55.6 Å². The smallest absolute Gasteiger partial charge is 0.340 e. The molecule has 0 saturated carbocycles. The lowest BCUT2D eigenvalue weighted by Crippen LogP contribution is -2.41. The molecule has 0 fully saturated rings. The highest BCUT2D eigenvalue weighted by Crippen LogP contribution is 2.24. The number of amides is 3. The van der Waals surface area contributed by atoms with Gasteiger partial charge in [-0.3, -0.25) is 15.1 Å². The maximum atomic E-state index is 12.6. The van der Waals surface area contributed by atoms with Crippen LogP contribution in [-0.2, 0) is 22.5 Å². The normalized spacial score (nSPS) is 10.6. The maximum Gasteiger partial charge on any atom is 0.340 e. The van der Waals surface area contributed by atoms with Crippen molar-refractivity contribution in [3.8, 4) is 0 Å². The van der Waals surface area contributed by atoms with Crippen LogP contribution in [-0.4, -0.2) is 29.5 Å². The number of nitrogens with one attached hydrogen (secondary N) is 2. The molecule has 3 rings (SSSR count). The zero-order valence-electron chi connectivity index (χ0n) is 16.2. The first kappa shape index (κ1) is 20.5.